The number of ether oxygens (including phenoxy) is 1. The van der Waals surface area contributed by atoms with Crippen LogP contribution < -0.4 is 16.0 Å². The Bertz CT molecular complexity index is 1640. The molecular formula is C24H15ClFN3O3. The van der Waals surface area contributed by atoms with Gasteiger partial charge in [-0.2, -0.15) is 0 Å². The molecule has 0 aliphatic heterocycles. The van der Waals surface area contributed by atoms with Gasteiger partial charge in [0.25, 0.3) is 5.56 Å². The third kappa shape index (κ3) is 3.06. The molecule has 5 rings (SSSR count). The Hall–Kier alpha value is -3.97. The second-order valence-corrected chi connectivity index (χ2v) is 7.56. The van der Waals surface area contributed by atoms with Crippen molar-refractivity contribution in [3.8, 4) is 22.6 Å². The molecule has 0 radical (unpaired) electrons. The largest absolute Gasteiger partial charge is 0.494 e. The third-order valence-corrected chi connectivity index (χ3v) is 5.67. The maximum Gasteiger partial charge on any atom is 0.333 e. The molecule has 0 aliphatic rings. The minimum Gasteiger partial charge on any atom is -0.494 e. The lowest BCUT2D eigenvalue weighted by Crippen LogP contribution is -2.33. The van der Waals surface area contributed by atoms with Crippen molar-refractivity contribution in [2.45, 2.75) is 0 Å². The lowest BCUT2D eigenvalue weighted by Gasteiger charge is -2.12. The van der Waals surface area contributed by atoms with E-state index in [9.17, 15) is 14.0 Å². The summed E-state index contributed by atoms with van der Waals surface area (Å²) in [5, 5.41) is 1.96. The molecule has 8 heteroatoms. The Morgan fingerprint density at radius 2 is 1.84 bits per heavy atom. The fourth-order valence-corrected chi connectivity index (χ4v) is 4.08. The smallest absolute Gasteiger partial charge is 0.333 e. The second kappa shape index (κ2) is 7.62. The normalized spacial score (nSPS) is 11.2. The zero-order chi connectivity index (χ0) is 22.4. The third-order valence-electron chi connectivity index (χ3n) is 5.35. The molecule has 0 aliphatic carbocycles. The maximum atomic E-state index is 14.9. The molecule has 2 aromatic heterocycles. The molecule has 158 valence electrons. The van der Waals surface area contributed by atoms with Gasteiger partial charge in [-0.3, -0.25) is 9.78 Å². The van der Waals surface area contributed by atoms with Crippen molar-refractivity contribution < 1.29 is 9.13 Å². The average Bonchev–Trinajstić information content (AvgIpc) is 2.79. The zero-order valence-corrected chi connectivity index (χ0v) is 17.5. The number of H-pyrrole nitrogens is 1. The number of methoxy groups -OCH3 is 1. The van der Waals surface area contributed by atoms with Crippen molar-refractivity contribution in [3.63, 3.8) is 0 Å². The molecule has 2 heterocycles. The van der Waals surface area contributed by atoms with E-state index in [0.717, 1.165) is 15.3 Å². The summed E-state index contributed by atoms with van der Waals surface area (Å²) in [6.45, 7) is 0. The van der Waals surface area contributed by atoms with Gasteiger partial charge in [0.15, 0.2) is 11.6 Å². The Morgan fingerprint density at radius 3 is 2.66 bits per heavy atom. The number of benzene rings is 3. The molecule has 0 saturated carbocycles. The summed E-state index contributed by atoms with van der Waals surface area (Å²) >= 11 is 6.23. The van der Waals surface area contributed by atoms with E-state index >= 15 is 0 Å². The van der Waals surface area contributed by atoms with E-state index in [4.69, 9.17) is 16.3 Å². The lowest BCUT2D eigenvalue weighted by atomic mass is 10.0. The van der Waals surface area contributed by atoms with Gasteiger partial charge in [0, 0.05) is 22.5 Å². The standard InChI is InChI=1S/C24H15ClFN3O3/c1-32-20-9-8-17(25)21(22(20)26)13-6-7-16-18(10-13)28-24(31)29(23(16)30)19-12-27-11-14-4-2-3-5-15(14)19/h2-12H,1H3,(H,28,31). The van der Waals surface area contributed by atoms with Gasteiger partial charge < -0.3 is 9.72 Å². The predicted octanol–water partition coefficient (Wildman–Crippen LogP) is 4.70. The van der Waals surface area contributed by atoms with Crippen LogP contribution in [0.5, 0.6) is 5.75 Å². The van der Waals surface area contributed by atoms with Gasteiger partial charge in [0.1, 0.15) is 0 Å². The number of pyridine rings is 1. The average molecular weight is 448 g/mol. The van der Waals surface area contributed by atoms with Gasteiger partial charge >= 0.3 is 5.69 Å². The number of halogens is 2. The van der Waals surface area contributed by atoms with Crippen LogP contribution in [0.4, 0.5) is 4.39 Å². The number of aromatic nitrogens is 3. The van der Waals surface area contributed by atoms with E-state index in [0.29, 0.717) is 11.3 Å². The van der Waals surface area contributed by atoms with E-state index < -0.39 is 17.1 Å². The number of nitrogens with one attached hydrogen (secondary N) is 1. The zero-order valence-electron chi connectivity index (χ0n) is 16.7. The van der Waals surface area contributed by atoms with Crippen LogP contribution in [-0.2, 0) is 0 Å². The molecule has 0 spiro atoms. The summed E-state index contributed by atoms with van der Waals surface area (Å²) in [5.41, 5.74) is 0.0258. The van der Waals surface area contributed by atoms with Crippen LogP contribution in [0.1, 0.15) is 0 Å². The van der Waals surface area contributed by atoms with Crippen molar-refractivity contribution in [2.24, 2.45) is 0 Å². The summed E-state index contributed by atoms with van der Waals surface area (Å²) in [6.07, 6.45) is 3.14. The van der Waals surface area contributed by atoms with Crippen molar-refractivity contribution in [1.29, 1.82) is 0 Å². The number of rotatable bonds is 3. The first-order valence-electron chi connectivity index (χ1n) is 9.64. The van der Waals surface area contributed by atoms with Crippen molar-refractivity contribution in [3.05, 3.63) is 98.7 Å². The highest BCUT2D eigenvalue weighted by atomic mass is 35.5. The number of hydrogen-bond acceptors (Lipinski definition) is 4. The maximum absolute atomic E-state index is 14.9. The van der Waals surface area contributed by atoms with E-state index in [-0.39, 0.29) is 27.2 Å². The Kier molecular flexibility index (Phi) is 4.75. The fourth-order valence-electron chi connectivity index (χ4n) is 3.83. The lowest BCUT2D eigenvalue weighted by molar-refractivity contribution is 0.387. The number of hydrogen-bond donors (Lipinski definition) is 1. The predicted molar refractivity (Wildman–Crippen MR) is 122 cm³/mol. The first-order chi connectivity index (χ1) is 15.5. The first kappa shape index (κ1) is 20.0. The summed E-state index contributed by atoms with van der Waals surface area (Å²) < 4.78 is 20.9. The summed E-state index contributed by atoms with van der Waals surface area (Å²) in [7, 11) is 1.36. The van der Waals surface area contributed by atoms with Crippen molar-refractivity contribution in [2.75, 3.05) is 7.11 Å². The van der Waals surface area contributed by atoms with E-state index in [1.807, 2.05) is 24.3 Å². The van der Waals surface area contributed by atoms with Crippen molar-refractivity contribution in [1.82, 2.24) is 14.5 Å². The SMILES string of the molecule is COc1ccc(Cl)c(-c2ccc3c(=O)n(-c4cncc5ccccc45)c(=O)[nH]c3c2)c1F. The molecule has 5 aromatic rings. The molecule has 32 heavy (non-hydrogen) atoms. The molecule has 0 saturated heterocycles. The minimum absolute atomic E-state index is 0.0388. The van der Waals surface area contributed by atoms with Gasteiger partial charge in [-0.1, -0.05) is 41.9 Å². The molecule has 0 atom stereocenters. The van der Waals surface area contributed by atoms with Gasteiger partial charge in [-0.15, -0.1) is 0 Å². The quantitative estimate of drug-likeness (QED) is 0.435. The highest BCUT2D eigenvalue weighted by molar-refractivity contribution is 6.33. The van der Waals surface area contributed by atoms with Crippen molar-refractivity contribution >= 4 is 33.3 Å². The molecule has 0 fully saturated rings. The van der Waals surface area contributed by atoms with Crippen LogP contribution in [0.25, 0.3) is 38.5 Å². The Balaban J connectivity index is 1.76. The number of fused-ring (bicyclic) bond motifs is 2. The monoisotopic (exact) mass is 447 g/mol. The van der Waals surface area contributed by atoms with Crippen LogP contribution in [0, 0.1) is 5.82 Å². The molecule has 0 bridgehead atoms. The molecule has 1 N–H and O–H groups in total. The van der Waals surface area contributed by atoms with Crippen LogP contribution in [0.2, 0.25) is 5.02 Å². The number of nitrogens with zero attached hydrogens (tertiary/aromatic N) is 2. The van der Waals surface area contributed by atoms with Crippen LogP contribution in [0.15, 0.2) is 76.6 Å². The first-order valence-corrected chi connectivity index (χ1v) is 10.0. The van der Waals surface area contributed by atoms with Gasteiger partial charge in [0.2, 0.25) is 0 Å². The van der Waals surface area contributed by atoms with Gasteiger partial charge in [0.05, 0.1) is 34.9 Å². The number of aromatic amines is 1. The summed E-state index contributed by atoms with van der Waals surface area (Å²) in [4.78, 5) is 33.1. The highest BCUT2D eigenvalue weighted by Gasteiger charge is 2.17. The van der Waals surface area contributed by atoms with Crippen LogP contribution >= 0.6 is 11.6 Å². The van der Waals surface area contributed by atoms with E-state index in [1.165, 1.54) is 37.6 Å². The van der Waals surface area contributed by atoms with Crippen LogP contribution in [-0.4, -0.2) is 21.6 Å². The molecule has 0 amide bonds. The van der Waals surface area contributed by atoms with Gasteiger partial charge in [-0.25, -0.2) is 13.8 Å². The summed E-state index contributed by atoms with van der Waals surface area (Å²) in [6, 6.07) is 14.9. The Labute approximate surface area is 185 Å². The topological polar surface area (TPSA) is 77.0 Å². The molecular weight excluding hydrogens is 433 g/mol. The molecule has 3 aromatic carbocycles. The Morgan fingerprint density at radius 1 is 1.03 bits per heavy atom. The highest BCUT2D eigenvalue weighted by Crippen LogP contribution is 2.36. The fraction of sp³-hybridized carbons (Fsp3) is 0.0417. The van der Waals surface area contributed by atoms with Crippen LogP contribution in [0.3, 0.4) is 0 Å². The molecule has 6 nitrogen and oxygen atoms in total. The second-order valence-electron chi connectivity index (χ2n) is 7.15. The van der Waals surface area contributed by atoms with E-state index in [2.05, 4.69) is 9.97 Å². The van der Waals surface area contributed by atoms with Gasteiger partial charge in [-0.05, 0) is 29.8 Å². The minimum atomic E-state index is -0.630. The van der Waals surface area contributed by atoms with E-state index in [1.54, 1.807) is 12.3 Å². The summed E-state index contributed by atoms with van der Waals surface area (Å²) in [5.74, 6) is -0.589. The molecule has 0 unspecified atom stereocenters.